The molecule has 0 atom stereocenters. The Morgan fingerprint density at radius 3 is 2.40 bits per heavy atom. The minimum Gasteiger partial charge on any atom is -0.481 e. The zero-order valence-corrected chi connectivity index (χ0v) is 12.8. The third-order valence-electron chi connectivity index (χ3n) is 3.78. The molecule has 1 amide bonds. The molecule has 0 saturated carbocycles. The van der Waals surface area contributed by atoms with Crippen LogP contribution in [0.2, 0.25) is 5.02 Å². The molecular weight excluding hydrogens is 278 g/mol. The molecule has 0 unspecified atom stereocenters. The SMILES string of the molecule is CCC(CC)(CC(=O)Nc1cc(Cl)ccc1C)C(=O)O. The Labute approximate surface area is 124 Å². The van der Waals surface area contributed by atoms with E-state index in [-0.39, 0.29) is 12.3 Å². The Morgan fingerprint density at radius 2 is 1.90 bits per heavy atom. The van der Waals surface area contributed by atoms with Gasteiger partial charge >= 0.3 is 5.97 Å². The fourth-order valence-corrected chi connectivity index (χ4v) is 2.28. The van der Waals surface area contributed by atoms with Crippen LogP contribution in [0.3, 0.4) is 0 Å². The maximum atomic E-state index is 12.1. The lowest BCUT2D eigenvalue weighted by atomic mass is 9.79. The molecule has 0 aliphatic carbocycles. The number of carboxylic acids is 1. The number of amides is 1. The number of carbonyl (C=O) groups excluding carboxylic acids is 1. The minimum atomic E-state index is -1.00. The van der Waals surface area contributed by atoms with E-state index in [9.17, 15) is 14.7 Å². The maximum absolute atomic E-state index is 12.1. The van der Waals surface area contributed by atoms with Gasteiger partial charge in [0.15, 0.2) is 0 Å². The van der Waals surface area contributed by atoms with Gasteiger partial charge in [0, 0.05) is 17.1 Å². The maximum Gasteiger partial charge on any atom is 0.310 e. The molecule has 0 aliphatic heterocycles. The number of nitrogens with one attached hydrogen (secondary N) is 1. The number of benzene rings is 1. The fraction of sp³-hybridized carbons (Fsp3) is 0.467. The van der Waals surface area contributed by atoms with Crippen molar-refractivity contribution >= 4 is 29.2 Å². The number of hydrogen-bond acceptors (Lipinski definition) is 2. The van der Waals surface area contributed by atoms with Crippen molar-refractivity contribution in [2.45, 2.75) is 40.0 Å². The molecule has 0 spiro atoms. The average molecular weight is 298 g/mol. The second kappa shape index (κ2) is 6.75. The molecule has 0 aromatic heterocycles. The standard InChI is InChI=1S/C15H20ClNO3/c1-4-15(5-2,14(19)20)9-13(18)17-12-8-11(16)7-6-10(12)3/h6-8H,4-5,9H2,1-3H3,(H,17,18)(H,19,20). The number of halogens is 1. The molecule has 0 aliphatic rings. The van der Waals surface area contributed by atoms with Crippen LogP contribution in [-0.4, -0.2) is 17.0 Å². The molecule has 0 heterocycles. The van der Waals surface area contributed by atoms with Gasteiger partial charge in [0.2, 0.25) is 5.91 Å². The second-order valence-corrected chi connectivity index (χ2v) is 5.41. The summed E-state index contributed by atoms with van der Waals surface area (Å²) in [7, 11) is 0. The molecule has 1 aromatic carbocycles. The average Bonchev–Trinajstić information content (AvgIpc) is 2.40. The zero-order chi connectivity index (χ0) is 15.3. The van der Waals surface area contributed by atoms with Crippen LogP contribution in [0, 0.1) is 12.3 Å². The molecule has 1 aromatic rings. The largest absolute Gasteiger partial charge is 0.481 e. The van der Waals surface area contributed by atoms with Gasteiger partial charge in [-0.05, 0) is 37.5 Å². The van der Waals surface area contributed by atoms with Gasteiger partial charge in [-0.3, -0.25) is 9.59 Å². The lowest BCUT2D eigenvalue weighted by Crippen LogP contribution is -2.34. The summed E-state index contributed by atoms with van der Waals surface area (Å²) in [6, 6.07) is 5.21. The van der Waals surface area contributed by atoms with E-state index in [0.717, 1.165) is 5.56 Å². The number of rotatable bonds is 6. The molecule has 20 heavy (non-hydrogen) atoms. The molecule has 0 saturated heterocycles. The summed E-state index contributed by atoms with van der Waals surface area (Å²) in [6.45, 7) is 5.43. The zero-order valence-electron chi connectivity index (χ0n) is 12.0. The summed E-state index contributed by atoms with van der Waals surface area (Å²) in [4.78, 5) is 23.5. The van der Waals surface area contributed by atoms with Gasteiger partial charge in [-0.15, -0.1) is 0 Å². The highest BCUT2D eigenvalue weighted by Gasteiger charge is 2.37. The van der Waals surface area contributed by atoms with Gasteiger partial charge in [-0.1, -0.05) is 31.5 Å². The van der Waals surface area contributed by atoms with Gasteiger partial charge in [0.1, 0.15) is 0 Å². The normalized spacial score (nSPS) is 11.2. The summed E-state index contributed by atoms with van der Waals surface area (Å²) in [6.07, 6.45) is 0.794. The van der Waals surface area contributed by atoms with E-state index in [2.05, 4.69) is 5.32 Å². The van der Waals surface area contributed by atoms with Crippen molar-refractivity contribution in [2.75, 3.05) is 5.32 Å². The minimum absolute atomic E-state index is 0.0404. The van der Waals surface area contributed by atoms with Crippen molar-refractivity contribution in [2.24, 2.45) is 5.41 Å². The van der Waals surface area contributed by atoms with Crippen molar-refractivity contribution in [3.05, 3.63) is 28.8 Å². The Balaban J connectivity index is 2.86. The van der Waals surface area contributed by atoms with Crippen LogP contribution in [0.4, 0.5) is 5.69 Å². The van der Waals surface area contributed by atoms with Gasteiger partial charge < -0.3 is 10.4 Å². The summed E-state index contributed by atoms with van der Waals surface area (Å²) in [5, 5.41) is 12.6. The van der Waals surface area contributed by atoms with Crippen molar-refractivity contribution < 1.29 is 14.7 Å². The van der Waals surface area contributed by atoms with Gasteiger partial charge in [-0.2, -0.15) is 0 Å². The van der Waals surface area contributed by atoms with Crippen LogP contribution in [-0.2, 0) is 9.59 Å². The van der Waals surface area contributed by atoms with Gasteiger partial charge in [0.05, 0.1) is 5.41 Å². The third-order valence-corrected chi connectivity index (χ3v) is 4.01. The second-order valence-electron chi connectivity index (χ2n) is 4.98. The quantitative estimate of drug-likeness (QED) is 0.837. The molecule has 0 fully saturated rings. The van der Waals surface area contributed by atoms with Crippen LogP contribution < -0.4 is 5.32 Å². The molecule has 2 N–H and O–H groups in total. The lowest BCUT2D eigenvalue weighted by molar-refractivity contribution is -0.151. The highest BCUT2D eigenvalue weighted by molar-refractivity contribution is 6.31. The van der Waals surface area contributed by atoms with E-state index in [1.165, 1.54) is 0 Å². The summed E-state index contributed by atoms with van der Waals surface area (Å²) < 4.78 is 0. The van der Waals surface area contributed by atoms with E-state index in [4.69, 9.17) is 11.6 Å². The molecule has 0 bridgehead atoms. The first-order chi connectivity index (χ1) is 9.34. The monoisotopic (exact) mass is 297 g/mol. The smallest absolute Gasteiger partial charge is 0.310 e. The highest BCUT2D eigenvalue weighted by atomic mass is 35.5. The topological polar surface area (TPSA) is 66.4 Å². The summed E-state index contributed by atoms with van der Waals surface area (Å²) in [5.74, 6) is -1.23. The van der Waals surface area contributed by atoms with Gasteiger partial charge in [-0.25, -0.2) is 0 Å². The number of anilines is 1. The van der Waals surface area contributed by atoms with Crippen LogP contribution >= 0.6 is 11.6 Å². The fourth-order valence-electron chi connectivity index (χ4n) is 2.11. The van der Waals surface area contributed by atoms with Gasteiger partial charge in [0.25, 0.3) is 0 Å². The van der Waals surface area contributed by atoms with E-state index in [1.807, 2.05) is 13.0 Å². The Kier molecular flexibility index (Phi) is 5.57. The van der Waals surface area contributed by atoms with Crippen LogP contribution in [0.15, 0.2) is 18.2 Å². The van der Waals surface area contributed by atoms with E-state index in [0.29, 0.717) is 23.6 Å². The summed E-state index contributed by atoms with van der Waals surface area (Å²) in [5.41, 5.74) is 0.502. The molecule has 1 rings (SSSR count). The third kappa shape index (κ3) is 3.73. The van der Waals surface area contributed by atoms with E-state index >= 15 is 0 Å². The number of hydrogen-bond donors (Lipinski definition) is 2. The molecular formula is C15H20ClNO3. The van der Waals surface area contributed by atoms with Crippen LogP contribution in [0.25, 0.3) is 0 Å². The molecule has 4 nitrogen and oxygen atoms in total. The van der Waals surface area contributed by atoms with E-state index in [1.54, 1.807) is 26.0 Å². The number of carboxylic acid groups (broad SMARTS) is 1. The van der Waals surface area contributed by atoms with Crippen molar-refractivity contribution in [1.29, 1.82) is 0 Å². The number of aliphatic carboxylic acids is 1. The van der Waals surface area contributed by atoms with Crippen LogP contribution in [0.1, 0.15) is 38.7 Å². The summed E-state index contributed by atoms with van der Waals surface area (Å²) >= 11 is 5.89. The Hall–Kier alpha value is -1.55. The van der Waals surface area contributed by atoms with Crippen molar-refractivity contribution in [3.63, 3.8) is 0 Å². The van der Waals surface area contributed by atoms with Crippen LogP contribution in [0.5, 0.6) is 0 Å². The first-order valence-electron chi connectivity index (χ1n) is 6.64. The van der Waals surface area contributed by atoms with Crippen molar-refractivity contribution in [3.8, 4) is 0 Å². The molecule has 110 valence electrons. The molecule has 5 heteroatoms. The lowest BCUT2D eigenvalue weighted by Gasteiger charge is -2.26. The molecule has 0 radical (unpaired) electrons. The predicted octanol–water partition coefficient (Wildman–Crippen LogP) is 3.87. The first-order valence-corrected chi connectivity index (χ1v) is 7.02. The predicted molar refractivity (Wildman–Crippen MR) is 80.1 cm³/mol. The number of aryl methyl sites for hydroxylation is 1. The Bertz CT molecular complexity index is 510. The van der Waals surface area contributed by atoms with E-state index < -0.39 is 11.4 Å². The Morgan fingerprint density at radius 1 is 1.30 bits per heavy atom. The van der Waals surface area contributed by atoms with Crippen molar-refractivity contribution in [1.82, 2.24) is 0 Å². The number of carbonyl (C=O) groups is 2. The first kappa shape index (κ1) is 16.5. The highest BCUT2D eigenvalue weighted by Crippen LogP contribution is 2.31.